The van der Waals surface area contributed by atoms with Crippen LogP contribution in [-0.4, -0.2) is 29.6 Å². The average Bonchev–Trinajstić information content (AvgIpc) is 2.05. The summed E-state index contributed by atoms with van der Waals surface area (Å²) in [4.78, 5) is 13.0. The molecule has 0 aromatic carbocycles. The number of carbonyl (C=O) groups excluding carboxylic acids is 1. The quantitative estimate of drug-likeness (QED) is 0.574. The molecule has 2 amide bonds. The molecule has 1 aliphatic heterocycles. The molecular weight excluding hydrogens is 152 g/mol. The molecule has 1 rings (SSSR count). The van der Waals surface area contributed by atoms with Crippen molar-refractivity contribution in [3.8, 4) is 12.3 Å². The lowest BCUT2D eigenvalue weighted by Crippen LogP contribution is -2.55. The Kier molecular flexibility index (Phi) is 2.27. The Balaban J connectivity index is 2.73. The minimum atomic E-state index is -0.468. The lowest BCUT2D eigenvalue weighted by molar-refractivity contribution is 0.149. The van der Waals surface area contributed by atoms with Gasteiger partial charge in [-0.05, 0) is 20.3 Å². The summed E-state index contributed by atoms with van der Waals surface area (Å²) < 4.78 is 0. The van der Waals surface area contributed by atoms with Gasteiger partial charge in [0.15, 0.2) is 0 Å². The molecule has 0 aromatic rings. The van der Waals surface area contributed by atoms with E-state index in [2.05, 4.69) is 11.2 Å². The van der Waals surface area contributed by atoms with Crippen LogP contribution in [0.4, 0.5) is 4.79 Å². The van der Waals surface area contributed by atoms with Gasteiger partial charge >= 0.3 is 6.03 Å². The van der Waals surface area contributed by atoms with Crippen LogP contribution in [0.1, 0.15) is 20.3 Å². The number of hydrogen-bond acceptors (Lipinski definition) is 1. The highest BCUT2D eigenvalue weighted by Crippen LogP contribution is 2.15. The Labute approximate surface area is 73.1 Å². The van der Waals surface area contributed by atoms with E-state index in [9.17, 15) is 4.79 Å². The van der Waals surface area contributed by atoms with Crippen molar-refractivity contribution in [3.05, 3.63) is 0 Å². The lowest BCUT2D eigenvalue weighted by Gasteiger charge is -2.37. The summed E-state index contributed by atoms with van der Waals surface area (Å²) in [5, 5.41) is 2.76. The molecular formula is C9H14N2O. The first-order valence-electron chi connectivity index (χ1n) is 4.11. The van der Waals surface area contributed by atoms with Crippen molar-refractivity contribution in [2.45, 2.75) is 25.8 Å². The molecule has 0 aliphatic carbocycles. The molecule has 0 spiro atoms. The van der Waals surface area contributed by atoms with Crippen molar-refractivity contribution in [2.24, 2.45) is 0 Å². The van der Waals surface area contributed by atoms with Gasteiger partial charge in [0.25, 0.3) is 0 Å². The highest BCUT2D eigenvalue weighted by atomic mass is 16.2. The van der Waals surface area contributed by atoms with Crippen molar-refractivity contribution in [2.75, 3.05) is 13.1 Å². The second kappa shape index (κ2) is 3.06. The fourth-order valence-electron chi connectivity index (χ4n) is 1.24. The molecule has 1 aliphatic rings. The summed E-state index contributed by atoms with van der Waals surface area (Å²) in [5.41, 5.74) is -0.468. The van der Waals surface area contributed by atoms with Crippen LogP contribution in [-0.2, 0) is 0 Å². The SMILES string of the molecule is C#CC(C)(C)N1CCCNC1=O. The van der Waals surface area contributed by atoms with Gasteiger partial charge in [-0.2, -0.15) is 0 Å². The van der Waals surface area contributed by atoms with Gasteiger partial charge in [0.2, 0.25) is 0 Å². The first-order chi connectivity index (χ1) is 5.58. The second-order valence-corrected chi connectivity index (χ2v) is 3.44. The molecule has 3 nitrogen and oxygen atoms in total. The van der Waals surface area contributed by atoms with E-state index < -0.39 is 5.54 Å². The normalized spacial score (nSPS) is 18.4. The number of amides is 2. The second-order valence-electron chi connectivity index (χ2n) is 3.44. The van der Waals surface area contributed by atoms with Crippen LogP contribution in [0.2, 0.25) is 0 Å². The number of nitrogens with zero attached hydrogens (tertiary/aromatic N) is 1. The van der Waals surface area contributed by atoms with Gasteiger partial charge < -0.3 is 10.2 Å². The predicted molar refractivity (Wildman–Crippen MR) is 47.6 cm³/mol. The smallest absolute Gasteiger partial charge is 0.318 e. The van der Waals surface area contributed by atoms with E-state index in [1.165, 1.54) is 0 Å². The molecule has 0 saturated carbocycles. The Morgan fingerprint density at radius 3 is 2.83 bits per heavy atom. The van der Waals surface area contributed by atoms with Crippen LogP contribution in [0, 0.1) is 12.3 Å². The first kappa shape index (κ1) is 8.92. The monoisotopic (exact) mass is 166 g/mol. The summed E-state index contributed by atoms with van der Waals surface area (Å²) in [6, 6.07) is -0.0517. The first-order valence-corrected chi connectivity index (χ1v) is 4.11. The molecule has 1 fully saturated rings. The minimum Gasteiger partial charge on any atom is -0.338 e. The van der Waals surface area contributed by atoms with Gasteiger partial charge in [0.1, 0.15) is 0 Å². The molecule has 3 heteroatoms. The molecule has 0 atom stereocenters. The van der Waals surface area contributed by atoms with Crippen molar-refractivity contribution in [1.82, 2.24) is 10.2 Å². The molecule has 66 valence electrons. The highest BCUT2D eigenvalue weighted by molar-refractivity contribution is 5.76. The van der Waals surface area contributed by atoms with Gasteiger partial charge in [-0.15, -0.1) is 6.42 Å². The van der Waals surface area contributed by atoms with Crippen LogP contribution in [0.15, 0.2) is 0 Å². The summed E-state index contributed by atoms with van der Waals surface area (Å²) in [5.74, 6) is 2.61. The minimum absolute atomic E-state index is 0.0517. The van der Waals surface area contributed by atoms with E-state index in [1.807, 2.05) is 13.8 Å². The van der Waals surface area contributed by atoms with Crippen molar-refractivity contribution in [1.29, 1.82) is 0 Å². The van der Waals surface area contributed by atoms with Crippen LogP contribution < -0.4 is 5.32 Å². The zero-order valence-electron chi connectivity index (χ0n) is 7.55. The maximum atomic E-state index is 11.3. The standard InChI is InChI=1S/C9H14N2O/c1-4-9(2,3)11-7-5-6-10-8(11)12/h1H,5-7H2,2-3H3,(H,10,12). The predicted octanol–water partition coefficient (Wildman–Crippen LogP) is 0.814. The summed E-state index contributed by atoms with van der Waals surface area (Å²) >= 11 is 0. The van der Waals surface area contributed by atoms with Gasteiger partial charge in [-0.1, -0.05) is 5.92 Å². The summed E-state index contributed by atoms with van der Waals surface area (Å²) in [7, 11) is 0. The van der Waals surface area contributed by atoms with Crippen LogP contribution >= 0.6 is 0 Å². The third kappa shape index (κ3) is 1.53. The number of urea groups is 1. The Hall–Kier alpha value is -1.17. The van der Waals surface area contributed by atoms with E-state index in [1.54, 1.807) is 4.90 Å². The largest absolute Gasteiger partial charge is 0.338 e. The fourth-order valence-corrected chi connectivity index (χ4v) is 1.24. The molecule has 0 bridgehead atoms. The number of hydrogen-bond donors (Lipinski definition) is 1. The molecule has 0 aromatic heterocycles. The van der Waals surface area contributed by atoms with Gasteiger partial charge in [-0.3, -0.25) is 0 Å². The van der Waals surface area contributed by atoms with Gasteiger partial charge in [0.05, 0.1) is 5.54 Å². The van der Waals surface area contributed by atoms with Crippen LogP contribution in [0.5, 0.6) is 0 Å². The third-order valence-electron chi connectivity index (χ3n) is 2.11. The number of nitrogens with one attached hydrogen (secondary N) is 1. The summed E-state index contributed by atoms with van der Waals surface area (Å²) in [6.45, 7) is 5.26. The maximum Gasteiger partial charge on any atom is 0.318 e. The van der Waals surface area contributed by atoms with E-state index in [0.29, 0.717) is 0 Å². The fraction of sp³-hybridized carbons (Fsp3) is 0.667. The number of carbonyl (C=O) groups is 1. The third-order valence-corrected chi connectivity index (χ3v) is 2.11. The maximum absolute atomic E-state index is 11.3. The van der Waals surface area contributed by atoms with Crippen molar-refractivity contribution >= 4 is 6.03 Å². The van der Waals surface area contributed by atoms with Crippen LogP contribution in [0.3, 0.4) is 0 Å². The topological polar surface area (TPSA) is 32.3 Å². The van der Waals surface area contributed by atoms with E-state index >= 15 is 0 Å². The molecule has 1 saturated heterocycles. The Bertz CT molecular complexity index is 227. The molecule has 0 radical (unpaired) electrons. The summed E-state index contributed by atoms with van der Waals surface area (Å²) in [6.07, 6.45) is 6.30. The van der Waals surface area contributed by atoms with Gasteiger partial charge in [-0.25, -0.2) is 4.79 Å². The van der Waals surface area contributed by atoms with Crippen molar-refractivity contribution < 1.29 is 4.79 Å². The zero-order valence-corrected chi connectivity index (χ0v) is 7.55. The number of terminal acetylenes is 1. The van der Waals surface area contributed by atoms with Gasteiger partial charge in [0, 0.05) is 13.1 Å². The molecule has 1 N–H and O–H groups in total. The highest BCUT2D eigenvalue weighted by Gasteiger charge is 2.30. The molecule has 0 unspecified atom stereocenters. The Morgan fingerprint density at radius 2 is 2.33 bits per heavy atom. The average molecular weight is 166 g/mol. The molecule has 12 heavy (non-hydrogen) atoms. The van der Waals surface area contributed by atoms with E-state index in [4.69, 9.17) is 6.42 Å². The zero-order chi connectivity index (χ0) is 9.19. The van der Waals surface area contributed by atoms with E-state index in [-0.39, 0.29) is 6.03 Å². The van der Waals surface area contributed by atoms with Crippen LogP contribution in [0.25, 0.3) is 0 Å². The van der Waals surface area contributed by atoms with E-state index in [0.717, 1.165) is 19.5 Å². The molecule has 1 heterocycles. The van der Waals surface area contributed by atoms with Crippen molar-refractivity contribution in [3.63, 3.8) is 0 Å². The Morgan fingerprint density at radius 1 is 1.67 bits per heavy atom. The lowest BCUT2D eigenvalue weighted by atomic mass is 10.0. The number of rotatable bonds is 1.